The molecular weight excluding hydrogens is 222 g/mol. The predicted octanol–water partition coefficient (Wildman–Crippen LogP) is 2.89. The van der Waals surface area contributed by atoms with Crippen molar-refractivity contribution in [2.24, 2.45) is 0 Å². The second kappa shape index (κ2) is 4.81. The highest BCUT2D eigenvalue weighted by Crippen LogP contribution is 2.19. The first kappa shape index (κ1) is 12.3. The molecule has 1 rings (SSSR count). The number of aryl methyl sites for hydroxylation is 2. The van der Waals surface area contributed by atoms with Crippen LogP contribution in [0.15, 0.2) is 12.1 Å². The molecule has 0 fully saturated rings. The summed E-state index contributed by atoms with van der Waals surface area (Å²) in [6.45, 7) is 4.12. The van der Waals surface area contributed by atoms with Gasteiger partial charge in [-0.3, -0.25) is 0 Å². The van der Waals surface area contributed by atoms with Gasteiger partial charge < -0.3 is 4.90 Å². The van der Waals surface area contributed by atoms with Crippen LogP contribution < -0.4 is 0 Å². The summed E-state index contributed by atoms with van der Waals surface area (Å²) in [4.78, 5) is 2.78. The molecule has 0 radical (unpaired) electrons. The second-order valence-electron chi connectivity index (χ2n) is 3.81. The third kappa shape index (κ3) is 2.41. The maximum Gasteiger partial charge on any atom is 0.109 e. The highest BCUT2D eigenvalue weighted by Gasteiger charge is 2.12. The Morgan fingerprint density at radius 3 is 2.20 bits per heavy atom. The fourth-order valence-electron chi connectivity index (χ4n) is 1.49. The summed E-state index contributed by atoms with van der Waals surface area (Å²) < 4.78 is 0. The van der Waals surface area contributed by atoms with Crippen molar-refractivity contribution < 1.29 is 0 Å². The summed E-state index contributed by atoms with van der Waals surface area (Å²) >= 11 is 10.5. The molecule has 0 spiro atoms. The molecule has 0 heterocycles. The van der Waals surface area contributed by atoms with E-state index in [1.807, 2.05) is 19.0 Å². The number of hydrogen-bond acceptors (Lipinski definition) is 2. The van der Waals surface area contributed by atoms with Gasteiger partial charge in [-0.2, -0.15) is 0 Å². The van der Waals surface area contributed by atoms with Crippen LogP contribution in [0.3, 0.4) is 0 Å². The lowest BCUT2D eigenvalue weighted by atomic mass is 9.98. The molecule has 0 bridgehead atoms. The van der Waals surface area contributed by atoms with E-state index in [1.54, 1.807) is 5.37 Å². The largest absolute Gasteiger partial charge is 0.368 e. The second-order valence-corrected chi connectivity index (χ2v) is 4.43. The molecule has 0 atom stereocenters. The standard InChI is InChI=1S/C12H15NS2/c1-8-5-6-9(2)11(10(8)7-14)12(15)13(3)4/h5-7H,1-4H3. The molecule has 15 heavy (non-hydrogen) atoms. The van der Waals surface area contributed by atoms with Crippen LogP contribution in [0.2, 0.25) is 0 Å². The van der Waals surface area contributed by atoms with Gasteiger partial charge in [0.15, 0.2) is 0 Å². The topological polar surface area (TPSA) is 3.24 Å². The van der Waals surface area contributed by atoms with E-state index < -0.39 is 0 Å². The summed E-state index contributed by atoms with van der Waals surface area (Å²) in [5, 5.41) is 1.72. The van der Waals surface area contributed by atoms with Crippen molar-refractivity contribution >= 4 is 34.8 Å². The van der Waals surface area contributed by atoms with Gasteiger partial charge in [0.1, 0.15) is 4.99 Å². The van der Waals surface area contributed by atoms with E-state index in [-0.39, 0.29) is 0 Å². The highest BCUT2D eigenvalue weighted by molar-refractivity contribution is 7.81. The van der Waals surface area contributed by atoms with Crippen molar-refractivity contribution in [3.8, 4) is 0 Å². The Morgan fingerprint density at radius 2 is 1.73 bits per heavy atom. The minimum Gasteiger partial charge on any atom is -0.368 e. The Hall–Kier alpha value is -0.800. The maximum absolute atomic E-state index is 5.40. The van der Waals surface area contributed by atoms with Crippen LogP contribution in [0, 0.1) is 13.8 Å². The van der Waals surface area contributed by atoms with Crippen molar-refractivity contribution in [2.45, 2.75) is 13.8 Å². The van der Waals surface area contributed by atoms with Gasteiger partial charge in [-0.15, -0.1) is 0 Å². The van der Waals surface area contributed by atoms with Gasteiger partial charge in [0.2, 0.25) is 0 Å². The average Bonchev–Trinajstić information content (AvgIpc) is 2.19. The Labute approximate surface area is 102 Å². The fourth-order valence-corrected chi connectivity index (χ4v) is 2.07. The minimum atomic E-state index is 0.840. The first-order chi connectivity index (χ1) is 6.99. The summed E-state index contributed by atoms with van der Waals surface area (Å²) in [5.41, 5.74) is 4.51. The molecule has 0 aliphatic carbocycles. The van der Waals surface area contributed by atoms with Gasteiger partial charge >= 0.3 is 0 Å². The van der Waals surface area contributed by atoms with Crippen molar-refractivity contribution in [1.29, 1.82) is 0 Å². The Bertz CT molecular complexity index is 408. The molecule has 1 aromatic carbocycles. The van der Waals surface area contributed by atoms with Gasteiger partial charge in [0.25, 0.3) is 0 Å². The van der Waals surface area contributed by atoms with Gasteiger partial charge in [-0.05, 0) is 30.5 Å². The minimum absolute atomic E-state index is 0.840. The van der Waals surface area contributed by atoms with E-state index in [0.29, 0.717) is 0 Å². The Morgan fingerprint density at radius 1 is 1.20 bits per heavy atom. The van der Waals surface area contributed by atoms with Crippen LogP contribution in [-0.2, 0) is 0 Å². The molecule has 0 saturated carbocycles. The zero-order valence-corrected chi connectivity index (χ0v) is 11.1. The smallest absolute Gasteiger partial charge is 0.109 e. The molecule has 0 aliphatic heterocycles. The summed E-state index contributed by atoms with van der Waals surface area (Å²) in [6.07, 6.45) is 0. The van der Waals surface area contributed by atoms with E-state index in [1.165, 1.54) is 11.1 Å². The number of benzene rings is 1. The number of rotatable bonds is 2. The normalized spacial score (nSPS) is 9.87. The zero-order valence-electron chi connectivity index (χ0n) is 9.50. The molecule has 1 nitrogen and oxygen atoms in total. The SMILES string of the molecule is Cc1ccc(C)c(C(=S)N(C)C)c1C=S. The lowest BCUT2D eigenvalue weighted by Gasteiger charge is -2.19. The monoisotopic (exact) mass is 237 g/mol. The number of thiocarbonyl (C=S) groups is 2. The van der Waals surface area contributed by atoms with Crippen molar-refractivity contribution in [1.82, 2.24) is 4.90 Å². The van der Waals surface area contributed by atoms with Crippen LogP contribution in [0.1, 0.15) is 22.3 Å². The van der Waals surface area contributed by atoms with Crippen LogP contribution in [0.5, 0.6) is 0 Å². The zero-order chi connectivity index (χ0) is 11.6. The van der Waals surface area contributed by atoms with Crippen LogP contribution in [-0.4, -0.2) is 29.4 Å². The van der Waals surface area contributed by atoms with Crippen LogP contribution in [0.4, 0.5) is 0 Å². The van der Waals surface area contributed by atoms with Crippen molar-refractivity contribution in [3.63, 3.8) is 0 Å². The quantitative estimate of drug-likeness (QED) is 0.728. The Balaban J connectivity index is 3.44. The predicted molar refractivity (Wildman–Crippen MR) is 74.1 cm³/mol. The Kier molecular flexibility index (Phi) is 3.94. The molecule has 0 aliphatic rings. The molecule has 0 saturated heterocycles. The number of nitrogens with zero attached hydrogens (tertiary/aromatic N) is 1. The highest BCUT2D eigenvalue weighted by atomic mass is 32.1. The van der Waals surface area contributed by atoms with Crippen LogP contribution in [0.25, 0.3) is 0 Å². The van der Waals surface area contributed by atoms with Crippen LogP contribution >= 0.6 is 24.4 Å². The summed E-state index contributed by atoms with van der Waals surface area (Å²) in [5.74, 6) is 0. The third-order valence-corrected chi connectivity index (χ3v) is 3.21. The average molecular weight is 237 g/mol. The van der Waals surface area contributed by atoms with E-state index in [0.717, 1.165) is 16.1 Å². The van der Waals surface area contributed by atoms with Gasteiger partial charge in [-0.1, -0.05) is 36.6 Å². The van der Waals surface area contributed by atoms with Crippen molar-refractivity contribution in [2.75, 3.05) is 14.1 Å². The van der Waals surface area contributed by atoms with Gasteiger partial charge in [-0.25, -0.2) is 0 Å². The van der Waals surface area contributed by atoms with Gasteiger partial charge in [0, 0.05) is 25.0 Å². The molecule has 0 amide bonds. The molecule has 0 aromatic heterocycles. The van der Waals surface area contributed by atoms with E-state index in [4.69, 9.17) is 24.4 Å². The molecule has 80 valence electrons. The number of hydrogen-bond donors (Lipinski definition) is 0. The molecule has 0 N–H and O–H groups in total. The third-order valence-electron chi connectivity index (χ3n) is 2.41. The first-order valence-electron chi connectivity index (χ1n) is 4.76. The molecule has 3 heteroatoms. The fraction of sp³-hybridized carbons (Fsp3) is 0.333. The van der Waals surface area contributed by atoms with E-state index >= 15 is 0 Å². The molecule has 1 aromatic rings. The molecule has 0 unspecified atom stereocenters. The van der Waals surface area contributed by atoms with E-state index in [9.17, 15) is 0 Å². The lowest BCUT2D eigenvalue weighted by molar-refractivity contribution is 0.636. The summed E-state index contributed by atoms with van der Waals surface area (Å²) in [6, 6.07) is 4.16. The first-order valence-corrected chi connectivity index (χ1v) is 5.64. The van der Waals surface area contributed by atoms with E-state index in [2.05, 4.69) is 26.0 Å². The lowest BCUT2D eigenvalue weighted by Crippen LogP contribution is -2.23. The maximum atomic E-state index is 5.40. The van der Waals surface area contributed by atoms with Crippen molar-refractivity contribution in [3.05, 3.63) is 34.4 Å². The van der Waals surface area contributed by atoms with Gasteiger partial charge in [0.05, 0.1) is 0 Å². The summed E-state index contributed by atoms with van der Waals surface area (Å²) in [7, 11) is 3.91. The molecular formula is C12H15NS2.